The topological polar surface area (TPSA) is 138 Å². The van der Waals surface area contributed by atoms with Crippen molar-refractivity contribution in [3.8, 4) is 11.5 Å². The first-order valence-electron chi connectivity index (χ1n) is 14.1. The molecule has 16 heteroatoms. The number of carboxylic acids is 1. The smallest absolute Gasteiger partial charge is 0.417 e. The van der Waals surface area contributed by atoms with Crippen LogP contribution in [0.1, 0.15) is 44.4 Å². The van der Waals surface area contributed by atoms with E-state index in [1.165, 1.54) is 66.6 Å². The summed E-state index contributed by atoms with van der Waals surface area (Å²) in [4.78, 5) is 41.1. The van der Waals surface area contributed by atoms with Crippen molar-refractivity contribution < 1.29 is 60.4 Å². The number of alkyl halides is 6. The number of aliphatic hydroxyl groups excluding tert-OH is 1. The minimum absolute atomic E-state index is 0.0178. The molecule has 0 fully saturated rings. The largest absolute Gasteiger partial charge is 0.497 e. The van der Waals surface area contributed by atoms with E-state index >= 15 is 0 Å². The molecule has 0 aliphatic carbocycles. The van der Waals surface area contributed by atoms with Gasteiger partial charge in [-0.15, -0.1) is 0 Å². The van der Waals surface area contributed by atoms with Crippen LogP contribution in [0.25, 0.3) is 0 Å². The number of ether oxygens (including phenoxy) is 2. The lowest BCUT2D eigenvalue weighted by Crippen LogP contribution is -2.33. The molecule has 0 bridgehead atoms. The first-order chi connectivity index (χ1) is 23.0. The van der Waals surface area contributed by atoms with Gasteiger partial charge >= 0.3 is 24.3 Å². The molecule has 1 unspecified atom stereocenters. The summed E-state index contributed by atoms with van der Waals surface area (Å²) < 4.78 is 89.3. The summed E-state index contributed by atoms with van der Waals surface area (Å²) in [6.07, 6.45) is -9.98. The van der Waals surface area contributed by atoms with Crippen LogP contribution >= 0.6 is 0 Å². The molecule has 0 radical (unpaired) electrons. The van der Waals surface area contributed by atoms with E-state index < -0.39 is 66.1 Å². The monoisotopic (exact) mass is 691 g/mol. The molecule has 1 aromatic heterocycles. The van der Waals surface area contributed by atoms with Gasteiger partial charge in [0.2, 0.25) is 5.91 Å². The van der Waals surface area contributed by atoms with E-state index in [0.717, 1.165) is 18.3 Å². The zero-order valence-electron chi connectivity index (χ0n) is 25.4. The van der Waals surface area contributed by atoms with Crippen molar-refractivity contribution in [2.24, 2.45) is 0 Å². The average Bonchev–Trinajstić information content (AvgIpc) is 3.04. The van der Waals surface area contributed by atoms with Crippen LogP contribution in [0.4, 0.5) is 32.0 Å². The van der Waals surface area contributed by atoms with Gasteiger partial charge < -0.3 is 25.0 Å². The summed E-state index contributed by atoms with van der Waals surface area (Å²) in [5.41, 5.74) is -1.91. The highest BCUT2D eigenvalue weighted by atomic mass is 19.4. The average molecular weight is 692 g/mol. The molecule has 10 nitrogen and oxygen atoms in total. The van der Waals surface area contributed by atoms with E-state index in [1.54, 1.807) is 0 Å². The first kappa shape index (κ1) is 36.4. The van der Waals surface area contributed by atoms with Crippen LogP contribution in [0.5, 0.6) is 11.5 Å². The zero-order valence-corrected chi connectivity index (χ0v) is 25.4. The summed E-state index contributed by atoms with van der Waals surface area (Å²) in [6, 6.07) is 15.0. The van der Waals surface area contributed by atoms with Gasteiger partial charge in [-0.25, -0.2) is 4.79 Å². The Hall–Kier alpha value is -5.48. The summed E-state index contributed by atoms with van der Waals surface area (Å²) in [5.74, 6) is -3.12. The molecule has 0 spiro atoms. The first-order valence-corrected chi connectivity index (χ1v) is 14.1. The number of nitrogens with one attached hydrogen (secondary N) is 1. The van der Waals surface area contributed by atoms with E-state index in [4.69, 9.17) is 9.47 Å². The third-order valence-electron chi connectivity index (χ3n) is 6.97. The lowest BCUT2D eigenvalue weighted by Gasteiger charge is -2.27. The third kappa shape index (κ3) is 10.0. The minimum atomic E-state index is -4.72. The Labute approximate surface area is 274 Å². The van der Waals surface area contributed by atoms with Crippen LogP contribution in [0, 0.1) is 0 Å². The fourth-order valence-corrected chi connectivity index (χ4v) is 4.60. The third-order valence-corrected chi connectivity index (χ3v) is 6.97. The molecule has 0 saturated heterocycles. The maximum Gasteiger partial charge on any atom is 0.417 e. The van der Waals surface area contributed by atoms with Gasteiger partial charge in [0.1, 0.15) is 17.7 Å². The highest BCUT2D eigenvalue weighted by Gasteiger charge is 2.34. The molecular weight excluding hydrogens is 664 g/mol. The van der Waals surface area contributed by atoms with Crippen LogP contribution in [-0.2, 0) is 34.9 Å². The highest BCUT2D eigenvalue weighted by molar-refractivity contribution is 5.92. The van der Waals surface area contributed by atoms with Gasteiger partial charge in [0.05, 0.1) is 36.8 Å². The minimum Gasteiger partial charge on any atom is -0.497 e. The van der Waals surface area contributed by atoms with Gasteiger partial charge in [0, 0.05) is 24.6 Å². The normalized spacial score (nSPS) is 12.3. The Bertz CT molecular complexity index is 1800. The number of anilines is 1. The number of rotatable bonds is 12. The van der Waals surface area contributed by atoms with Crippen molar-refractivity contribution in [1.29, 1.82) is 0 Å². The number of hydrogen-bond donors (Lipinski definition) is 3. The number of nitrogens with zero attached hydrogens (tertiary/aromatic N) is 2. The number of aliphatic carboxylic acids is 1. The molecule has 3 aromatic carbocycles. The molecule has 4 rings (SSSR count). The Morgan fingerprint density at radius 1 is 0.878 bits per heavy atom. The summed E-state index contributed by atoms with van der Waals surface area (Å²) in [5, 5.41) is 22.9. The molecule has 49 heavy (non-hydrogen) atoms. The maximum absolute atomic E-state index is 13.5. The van der Waals surface area contributed by atoms with Crippen LogP contribution < -0.4 is 14.8 Å². The molecule has 1 amide bonds. The highest BCUT2D eigenvalue weighted by Crippen LogP contribution is 2.35. The van der Waals surface area contributed by atoms with Crippen LogP contribution in [0.15, 0.2) is 85.2 Å². The van der Waals surface area contributed by atoms with Gasteiger partial charge in [-0.2, -0.15) is 26.3 Å². The van der Waals surface area contributed by atoms with Crippen LogP contribution in [0.3, 0.4) is 0 Å². The van der Waals surface area contributed by atoms with Crippen molar-refractivity contribution in [2.45, 2.75) is 31.5 Å². The van der Waals surface area contributed by atoms with E-state index in [2.05, 4.69) is 10.3 Å². The summed E-state index contributed by atoms with van der Waals surface area (Å²) >= 11 is 0. The zero-order chi connectivity index (χ0) is 35.9. The van der Waals surface area contributed by atoms with Crippen LogP contribution in [-0.4, -0.2) is 51.6 Å². The van der Waals surface area contributed by atoms with Crippen molar-refractivity contribution in [3.63, 3.8) is 0 Å². The van der Waals surface area contributed by atoms with E-state index in [9.17, 15) is 50.9 Å². The molecule has 1 atom stereocenters. The second-order valence-electron chi connectivity index (χ2n) is 10.5. The second kappa shape index (κ2) is 15.2. The quantitative estimate of drug-likeness (QED) is 0.0696. The van der Waals surface area contributed by atoms with Crippen molar-refractivity contribution in [2.75, 3.05) is 19.0 Å². The predicted molar refractivity (Wildman–Crippen MR) is 160 cm³/mol. The number of carboxylic acid groups (broad SMARTS) is 1. The lowest BCUT2D eigenvalue weighted by atomic mass is 10.0. The molecule has 3 N–H and O–H groups in total. The van der Waals surface area contributed by atoms with Crippen molar-refractivity contribution in [3.05, 3.63) is 119 Å². The van der Waals surface area contributed by atoms with Gasteiger partial charge in [-0.1, -0.05) is 30.3 Å². The summed E-state index contributed by atoms with van der Waals surface area (Å²) in [6.45, 7) is -0.719. The molecule has 4 aromatic rings. The number of hydrogen-bond acceptors (Lipinski definition) is 8. The van der Waals surface area contributed by atoms with Gasteiger partial charge in [0.25, 0.3) is 0 Å². The molecular formula is C33H27F6N3O7. The Kier molecular flexibility index (Phi) is 11.3. The number of esters is 1. The number of halogens is 6. The molecule has 0 aliphatic rings. The van der Waals surface area contributed by atoms with Crippen LogP contribution in [0.2, 0.25) is 0 Å². The van der Waals surface area contributed by atoms with Gasteiger partial charge in [-0.05, 0) is 59.2 Å². The SMILES string of the molecule is COc1ccc(CC(=O)Nc2ccc(C(O)N(CC(=O)O)Cc3ccc(OC(=O)c4cncc(C(F)(F)F)c4)cc3)cc2)c(C(F)(F)F)c1. The van der Waals surface area contributed by atoms with Crippen molar-refractivity contribution in [1.82, 2.24) is 9.88 Å². The fraction of sp³-hybridized carbons (Fsp3) is 0.212. The number of carbonyl (C=O) groups is 3. The number of benzene rings is 3. The van der Waals surface area contributed by atoms with Gasteiger partial charge in [-0.3, -0.25) is 19.5 Å². The van der Waals surface area contributed by atoms with E-state index in [1.807, 2.05) is 0 Å². The fourth-order valence-electron chi connectivity index (χ4n) is 4.60. The number of amides is 1. The van der Waals surface area contributed by atoms with E-state index in [0.29, 0.717) is 17.8 Å². The summed E-state index contributed by atoms with van der Waals surface area (Å²) in [7, 11) is 1.22. The molecule has 1 heterocycles. The molecule has 0 aliphatic heterocycles. The number of carbonyl (C=O) groups excluding carboxylic acids is 2. The maximum atomic E-state index is 13.5. The predicted octanol–water partition coefficient (Wildman–Crippen LogP) is 6.11. The van der Waals surface area contributed by atoms with Gasteiger partial charge in [0.15, 0.2) is 0 Å². The molecule has 0 saturated carbocycles. The standard InChI is InChI=1S/C33H27F6N3O7/c1-48-26-11-6-21(27(14-26)33(37,38)39)13-28(43)41-24-7-4-20(5-8-24)30(46)42(18-29(44)45)17-19-2-9-25(10-3-19)49-31(47)22-12-23(16-40-15-22)32(34,35)36/h2-12,14-16,30,46H,13,17-18H2,1H3,(H,41,43)(H,44,45). The number of pyridine rings is 1. The number of methoxy groups -OCH3 is 1. The van der Waals surface area contributed by atoms with Crippen molar-refractivity contribution >= 4 is 23.5 Å². The van der Waals surface area contributed by atoms with E-state index in [-0.39, 0.29) is 34.9 Å². The number of aliphatic hydroxyl groups is 1. The molecule has 258 valence electrons. The number of aromatic nitrogens is 1. The Morgan fingerprint density at radius 2 is 1.53 bits per heavy atom. The Balaban J connectivity index is 1.40. The second-order valence-corrected chi connectivity index (χ2v) is 10.5. The Morgan fingerprint density at radius 3 is 2.12 bits per heavy atom. The lowest BCUT2D eigenvalue weighted by molar-refractivity contribution is -0.142.